The van der Waals surface area contributed by atoms with Crippen LogP contribution >= 0.6 is 0 Å². The van der Waals surface area contributed by atoms with Crippen molar-refractivity contribution in [2.24, 2.45) is 0 Å². The molecule has 2 rings (SSSR count). The van der Waals surface area contributed by atoms with Crippen LogP contribution in [0.1, 0.15) is 1.43 Å². The number of hydrogen-bond donors (Lipinski definition) is 3. The normalized spacial score (nSPS) is 12.8. The first-order chi connectivity index (χ1) is 9.82. The van der Waals surface area contributed by atoms with Crippen LogP contribution in [0, 0.1) is 0 Å². The van der Waals surface area contributed by atoms with Crippen molar-refractivity contribution < 1.29 is 69.9 Å². The van der Waals surface area contributed by atoms with Crippen molar-refractivity contribution in [3.05, 3.63) is 30.3 Å². The summed E-state index contributed by atoms with van der Waals surface area (Å²) < 4.78 is 94.5. The molecule has 0 spiro atoms. The Balaban J connectivity index is 0.00000264. The van der Waals surface area contributed by atoms with E-state index in [0.29, 0.717) is 12.1 Å². The number of benzene rings is 2. The van der Waals surface area contributed by atoms with Gasteiger partial charge in [-0.3, -0.25) is 13.7 Å². The molecule has 2 aromatic rings. The van der Waals surface area contributed by atoms with Gasteiger partial charge in [-0.25, -0.2) is 0 Å². The van der Waals surface area contributed by atoms with Gasteiger partial charge < -0.3 is 1.43 Å². The van der Waals surface area contributed by atoms with Crippen LogP contribution in [-0.4, -0.2) is 38.9 Å². The maximum absolute atomic E-state index is 11.3. The zero-order valence-corrected chi connectivity index (χ0v) is 15.9. The first-order valence-corrected chi connectivity index (χ1v) is 9.63. The van der Waals surface area contributed by atoms with E-state index in [1.165, 1.54) is 0 Å². The summed E-state index contributed by atoms with van der Waals surface area (Å²) in [4.78, 5) is -2.17. The van der Waals surface area contributed by atoms with Crippen LogP contribution in [0.15, 0.2) is 45.0 Å². The van der Waals surface area contributed by atoms with E-state index in [9.17, 15) is 25.3 Å². The predicted molar refractivity (Wildman–Crippen MR) is 74.5 cm³/mol. The molecule has 0 fully saturated rings. The average molecular weight is 392 g/mol. The van der Waals surface area contributed by atoms with Crippen molar-refractivity contribution in [1.29, 1.82) is 0 Å². The minimum atomic E-state index is -4.81. The third-order valence-corrected chi connectivity index (χ3v) is 5.43. The van der Waals surface area contributed by atoms with E-state index in [2.05, 4.69) is 0 Å². The molecule has 0 atom stereocenters. The topological polar surface area (TPSA) is 163 Å². The van der Waals surface area contributed by atoms with E-state index in [1.807, 2.05) is 0 Å². The van der Waals surface area contributed by atoms with Gasteiger partial charge in [-0.15, -0.1) is 0 Å². The Morgan fingerprint density at radius 3 is 1.48 bits per heavy atom. The van der Waals surface area contributed by atoms with Crippen LogP contribution in [0.25, 0.3) is 10.8 Å². The predicted octanol–water partition coefficient (Wildman–Crippen LogP) is -2.30. The molecule has 0 aliphatic rings. The van der Waals surface area contributed by atoms with E-state index >= 15 is 0 Å². The second-order valence-electron chi connectivity index (χ2n) is 4.19. The molecule has 0 aliphatic heterocycles. The quantitative estimate of drug-likeness (QED) is 0.385. The fourth-order valence-corrected chi connectivity index (χ4v) is 3.77. The average Bonchev–Trinajstić information content (AvgIpc) is 2.33. The Kier molecular flexibility index (Phi) is 5.68. The summed E-state index contributed by atoms with van der Waals surface area (Å²) >= 11 is 0. The van der Waals surface area contributed by atoms with E-state index < -0.39 is 50.4 Å². The van der Waals surface area contributed by atoms with Gasteiger partial charge in [-0.2, -0.15) is 25.3 Å². The molecule has 0 amide bonds. The first kappa shape index (κ1) is 20.5. The zero-order chi connectivity index (χ0) is 16.9. The molecule has 0 unspecified atom stereocenters. The molecule has 0 saturated carbocycles. The smallest absolute Gasteiger partial charge is 1.00 e. The molecular formula is C10H9NaO9S3. The summed E-state index contributed by atoms with van der Waals surface area (Å²) in [6, 6.07) is 3.81. The van der Waals surface area contributed by atoms with E-state index in [0.717, 1.165) is 18.2 Å². The number of hydrogen-bond acceptors (Lipinski definition) is 6. The van der Waals surface area contributed by atoms with Gasteiger partial charge in [-0.05, 0) is 24.3 Å². The summed E-state index contributed by atoms with van der Waals surface area (Å²) in [6.45, 7) is 0. The standard InChI is InChI=1S/C10H8O9S3.Na.H/c11-20(12,13)6-1-2-7-8(5-6)10(22(17,18)19)4-3-9(7)21(14,15)16;;/h1-5H,(H,11,12,13)(H,14,15,16)(H,17,18,19);;/q;+1;-1. The number of fused-ring (bicyclic) bond motifs is 1. The summed E-state index contributed by atoms with van der Waals surface area (Å²) in [6.07, 6.45) is 0. The van der Waals surface area contributed by atoms with Gasteiger partial charge >= 0.3 is 29.6 Å². The van der Waals surface area contributed by atoms with Crippen molar-refractivity contribution in [3.63, 3.8) is 0 Å². The van der Waals surface area contributed by atoms with Gasteiger partial charge in [0.05, 0.1) is 4.90 Å². The fraction of sp³-hybridized carbons (Fsp3) is 0. The Hall–Kier alpha value is -0.570. The second-order valence-corrected chi connectivity index (χ2v) is 8.40. The molecule has 23 heavy (non-hydrogen) atoms. The largest absolute Gasteiger partial charge is 1.00 e. The van der Waals surface area contributed by atoms with Crippen LogP contribution < -0.4 is 29.6 Å². The van der Waals surface area contributed by atoms with Crippen LogP contribution in [0.5, 0.6) is 0 Å². The molecule has 2 aromatic carbocycles. The van der Waals surface area contributed by atoms with Crippen molar-refractivity contribution >= 4 is 41.1 Å². The zero-order valence-electron chi connectivity index (χ0n) is 12.4. The molecule has 0 aliphatic carbocycles. The van der Waals surface area contributed by atoms with Crippen molar-refractivity contribution in [2.45, 2.75) is 14.7 Å². The second kappa shape index (κ2) is 6.38. The monoisotopic (exact) mass is 392 g/mol. The minimum absolute atomic E-state index is 0. The third kappa shape index (κ3) is 4.29. The maximum atomic E-state index is 11.3. The van der Waals surface area contributed by atoms with Crippen LogP contribution in [0.4, 0.5) is 0 Å². The summed E-state index contributed by atoms with van der Waals surface area (Å²) in [5.74, 6) is 0. The van der Waals surface area contributed by atoms with Gasteiger partial charge in [0.15, 0.2) is 0 Å². The SMILES string of the molecule is O=S(=O)(O)c1ccc2c(S(=O)(=O)O)ccc(S(=O)(=O)O)c2c1.[H-].[Na+]. The molecule has 0 bridgehead atoms. The first-order valence-electron chi connectivity index (χ1n) is 5.31. The minimum Gasteiger partial charge on any atom is -1.00 e. The van der Waals surface area contributed by atoms with Crippen LogP contribution in [0.3, 0.4) is 0 Å². The molecule has 13 heteroatoms. The molecule has 9 nitrogen and oxygen atoms in total. The fourth-order valence-electron chi connectivity index (χ4n) is 1.88. The van der Waals surface area contributed by atoms with Crippen molar-refractivity contribution in [2.75, 3.05) is 0 Å². The van der Waals surface area contributed by atoms with Gasteiger partial charge in [0.1, 0.15) is 9.79 Å². The number of rotatable bonds is 3. The Morgan fingerprint density at radius 2 is 1.09 bits per heavy atom. The van der Waals surface area contributed by atoms with Crippen molar-refractivity contribution in [3.8, 4) is 0 Å². The summed E-state index contributed by atoms with van der Waals surface area (Å²) in [5, 5.41) is -0.835. The van der Waals surface area contributed by atoms with Gasteiger partial charge in [0, 0.05) is 10.8 Å². The van der Waals surface area contributed by atoms with E-state index in [1.54, 1.807) is 0 Å². The molecule has 0 radical (unpaired) electrons. The maximum Gasteiger partial charge on any atom is 1.00 e. The van der Waals surface area contributed by atoms with E-state index in [-0.39, 0.29) is 36.4 Å². The molecule has 3 N–H and O–H groups in total. The van der Waals surface area contributed by atoms with E-state index in [4.69, 9.17) is 13.7 Å². The Morgan fingerprint density at radius 1 is 0.652 bits per heavy atom. The van der Waals surface area contributed by atoms with Gasteiger partial charge in [-0.1, -0.05) is 6.07 Å². The Labute approximate surface area is 155 Å². The molecule has 0 aromatic heterocycles. The summed E-state index contributed by atoms with van der Waals surface area (Å²) in [5.41, 5.74) is 0. The molecule has 122 valence electrons. The van der Waals surface area contributed by atoms with Gasteiger partial charge in [0.2, 0.25) is 0 Å². The summed E-state index contributed by atoms with van der Waals surface area (Å²) in [7, 11) is -14.2. The Bertz CT molecular complexity index is 1090. The molecule has 0 saturated heterocycles. The molecular weight excluding hydrogens is 383 g/mol. The van der Waals surface area contributed by atoms with Crippen LogP contribution in [-0.2, 0) is 30.4 Å². The van der Waals surface area contributed by atoms with Crippen LogP contribution in [0.2, 0.25) is 0 Å². The third-order valence-electron chi connectivity index (χ3n) is 2.76. The molecule has 0 heterocycles. The van der Waals surface area contributed by atoms with Gasteiger partial charge in [0.25, 0.3) is 30.4 Å². The van der Waals surface area contributed by atoms with Crippen molar-refractivity contribution in [1.82, 2.24) is 0 Å².